The van der Waals surface area contributed by atoms with Gasteiger partial charge in [-0.2, -0.15) is 8.78 Å². The summed E-state index contributed by atoms with van der Waals surface area (Å²) < 4.78 is 41.0. The number of nitrogens with zero attached hydrogens (tertiary/aromatic N) is 2. The van der Waals surface area contributed by atoms with E-state index < -0.39 is 6.61 Å². The van der Waals surface area contributed by atoms with Crippen molar-refractivity contribution in [2.75, 3.05) is 37.9 Å². The summed E-state index contributed by atoms with van der Waals surface area (Å²) in [6, 6.07) is 13.5. The minimum absolute atomic E-state index is 0.0399. The average molecular weight is 446 g/mol. The van der Waals surface area contributed by atoms with Crippen LogP contribution in [0.4, 0.5) is 14.5 Å². The number of anilines is 1. The third kappa shape index (κ3) is 5.52. The van der Waals surface area contributed by atoms with Gasteiger partial charge in [-0.25, -0.2) is 4.99 Å². The molecular weight excluding hydrogens is 418 g/mol. The molecule has 1 fully saturated rings. The molecule has 2 aromatic carbocycles. The molecule has 2 aromatic rings. The van der Waals surface area contributed by atoms with Crippen LogP contribution in [0.3, 0.4) is 0 Å². The number of hydrogen-bond acceptors (Lipinski definition) is 5. The number of benzene rings is 2. The summed E-state index contributed by atoms with van der Waals surface area (Å²) in [6.07, 6.45) is 1.09. The largest absolute Gasteiger partial charge is 0.454 e. The molecule has 0 aliphatic carbocycles. The second-order valence-corrected chi connectivity index (χ2v) is 7.70. The summed E-state index contributed by atoms with van der Waals surface area (Å²) in [5.41, 5.74) is 1.74. The fourth-order valence-corrected chi connectivity index (χ4v) is 3.91. The normalized spacial score (nSPS) is 17.7. The topological polar surface area (TPSA) is 67.4 Å². The molecule has 0 saturated carbocycles. The Labute approximate surface area is 186 Å². The maximum absolute atomic E-state index is 12.9. The van der Waals surface area contributed by atoms with E-state index in [-0.39, 0.29) is 19.1 Å². The van der Waals surface area contributed by atoms with Crippen LogP contribution in [-0.2, 0) is 6.54 Å². The van der Waals surface area contributed by atoms with E-state index in [1.165, 1.54) is 11.8 Å². The summed E-state index contributed by atoms with van der Waals surface area (Å²) in [5.74, 6) is 2.05. The van der Waals surface area contributed by atoms with Crippen LogP contribution in [0.25, 0.3) is 0 Å². The van der Waals surface area contributed by atoms with Crippen LogP contribution >= 0.6 is 0 Å². The van der Waals surface area contributed by atoms with Crippen molar-refractivity contribution in [1.82, 2.24) is 10.6 Å². The molecule has 0 bridgehead atoms. The number of rotatable bonds is 8. The highest BCUT2D eigenvalue weighted by Gasteiger charge is 2.23. The van der Waals surface area contributed by atoms with Crippen LogP contribution in [0.2, 0.25) is 0 Å². The van der Waals surface area contributed by atoms with E-state index in [4.69, 9.17) is 9.47 Å². The molecular formula is C23H28F2N4O3. The maximum atomic E-state index is 12.9. The van der Waals surface area contributed by atoms with Gasteiger partial charge >= 0.3 is 6.61 Å². The van der Waals surface area contributed by atoms with Gasteiger partial charge in [0.1, 0.15) is 5.75 Å². The van der Waals surface area contributed by atoms with E-state index in [0.717, 1.165) is 26.1 Å². The molecule has 9 heteroatoms. The Morgan fingerprint density at radius 3 is 2.72 bits per heavy atom. The zero-order chi connectivity index (χ0) is 22.3. The minimum Gasteiger partial charge on any atom is -0.454 e. The number of para-hydroxylation sites is 1. The molecule has 0 spiro atoms. The first-order valence-corrected chi connectivity index (χ1v) is 10.8. The van der Waals surface area contributed by atoms with E-state index in [0.29, 0.717) is 35.5 Å². The Hall–Kier alpha value is -3.23. The smallest absolute Gasteiger partial charge is 0.387 e. The molecule has 0 radical (unpaired) electrons. The fourth-order valence-electron chi connectivity index (χ4n) is 3.91. The molecule has 2 N–H and O–H groups in total. The van der Waals surface area contributed by atoms with Gasteiger partial charge in [-0.05, 0) is 37.5 Å². The van der Waals surface area contributed by atoms with E-state index >= 15 is 0 Å². The lowest BCUT2D eigenvalue weighted by Crippen LogP contribution is -2.40. The highest BCUT2D eigenvalue weighted by molar-refractivity contribution is 5.79. The first kappa shape index (κ1) is 22.0. The average Bonchev–Trinajstić information content (AvgIpc) is 3.45. The number of alkyl halides is 2. The highest BCUT2D eigenvalue weighted by atomic mass is 19.3. The Bertz CT molecular complexity index is 927. The fraction of sp³-hybridized carbons (Fsp3) is 0.435. The Morgan fingerprint density at radius 1 is 1.19 bits per heavy atom. The number of nitrogens with one attached hydrogen (secondary N) is 2. The molecule has 1 atom stereocenters. The molecule has 4 rings (SSSR count). The summed E-state index contributed by atoms with van der Waals surface area (Å²) in [4.78, 5) is 6.96. The minimum atomic E-state index is -2.93. The van der Waals surface area contributed by atoms with Gasteiger partial charge in [-0.3, -0.25) is 0 Å². The van der Waals surface area contributed by atoms with Crippen LogP contribution in [-0.4, -0.2) is 45.5 Å². The van der Waals surface area contributed by atoms with Crippen molar-refractivity contribution in [3.8, 4) is 17.2 Å². The maximum Gasteiger partial charge on any atom is 0.387 e. The molecule has 7 nitrogen and oxygen atoms in total. The van der Waals surface area contributed by atoms with Crippen molar-refractivity contribution in [3.05, 3.63) is 48.0 Å². The van der Waals surface area contributed by atoms with Gasteiger partial charge in [0.25, 0.3) is 0 Å². The molecule has 2 aliphatic heterocycles. The van der Waals surface area contributed by atoms with Crippen molar-refractivity contribution in [2.45, 2.75) is 26.5 Å². The molecule has 1 saturated heterocycles. The second kappa shape index (κ2) is 10.4. The second-order valence-electron chi connectivity index (χ2n) is 7.70. The number of ether oxygens (including phenoxy) is 3. The standard InChI is InChI=1S/C23H28F2N4O3/c1-2-26-23(27-12-16-8-9-29(14-16)18-6-4-3-5-7-18)28-13-17-10-20-21(31-15-30-20)11-19(17)32-22(24)25/h3-7,10-11,16,22H,2,8-9,12-15H2,1H3,(H2,26,27,28). The van der Waals surface area contributed by atoms with Gasteiger partial charge in [0, 0.05) is 43.5 Å². The van der Waals surface area contributed by atoms with Crippen molar-refractivity contribution in [1.29, 1.82) is 0 Å². The van der Waals surface area contributed by atoms with Crippen LogP contribution in [0.15, 0.2) is 47.5 Å². The van der Waals surface area contributed by atoms with Crippen molar-refractivity contribution in [3.63, 3.8) is 0 Å². The molecule has 0 amide bonds. The van der Waals surface area contributed by atoms with E-state index in [9.17, 15) is 8.78 Å². The predicted octanol–water partition coefficient (Wildman–Crippen LogP) is 3.60. The lowest BCUT2D eigenvalue weighted by Gasteiger charge is -2.19. The zero-order valence-corrected chi connectivity index (χ0v) is 18.0. The van der Waals surface area contributed by atoms with Gasteiger partial charge in [-0.15, -0.1) is 0 Å². The lowest BCUT2D eigenvalue weighted by molar-refractivity contribution is -0.0505. The first-order chi connectivity index (χ1) is 15.6. The van der Waals surface area contributed by atoms with Gasteiger partial charge in [-0.1, -0.05) is 18.2 Å². The van der Waals surface area contributed by atoms with Gasteiger partial charge in [0.15, 0.2) is 17.5 Å². The van der Waals surface area contributed by atoms with Gasteiger partial charge in [0.05, 0.1) is 6.54 Å². The van der Waals surface area contributed by atoms with E-state index in [1.54, 1.807) is 6.07 Å². The first-order valence-electron chi connectivity index (χ1n) is 10.8. The third-order valence-electron chi connectivity index (χ3n) is 5.49. The molecule has 0 aromatic heterocycles. The monoisotopic (exact) mass is 446 g/mol. The van der Waals surface area contributed by atoms with Crippen LogP contribution in [0.1, 0.15) is 18.9 Å². The van der Waals surface area contributed by atoms with Crippen LogP contribution in [0.5, 0.6) is 17.2 Å². The number of aliphatic imine (C=N–C) groups is 1. The number of guanidine groups is 1. The molecule has 2 aliphatic rings. The Morgan fingerprint density at radius 2 is 1.97 bits per heavy atom. The molecule has 1 unspecified atom stereocenters. The highest BCUT2D eigenvalue weighted by Crippen LogP contribution is 2.39. The van der Waals surface area contributed by atoms with Gasteiger partial charge in [0.2, 0.25) is 6.79 Å². The lowest BCUT2D eigenvalue weighted by atomic mass is 10.1. The van der Waals surface area contributed by atoms with Gasteiger partial charge < -0.3 is 29.7 Å². The third-order valence-corrected chi connectivity index (χ3v) is 5.49. The Kier molecular flexibility index (Phi) is 7.14. The summed E-state index contributed by atoms with van der Waals surface area (Å²) in [6.45, 7) is 2.73. The summed E-state index contributed by atoms with van der Waals surface area (Å²) in [5, 5.41) is 6.60. The summed E-state index contributed by atoms with van der Waals surface area (Å²) >= 11 is 0. The number of halogens is 2. The van der Waals surface area contributed by atoms with Crippen molar-refractivity contribution < 1.29 is 23.0 Å². The zero-order valence-electron chi connectivity index (χ0n) is 18.0. The Balaban J connectivity index is 1.38. The molecule has 32 heavy (non-hydrogen) atoms. The quantitative estimate of drug-likeness (QED) is 0.477. The van der Waals surface area contributed by atoms with Crippen LogP contribution in [0, 0.1) is 5.92 Å². The van der Waals surface area contributed by atoms with Crippen LogP contribution < -0.4 is 29.7 Å². The van der Waals surface area contributed by atoms with Crippen molar-refractivity contribution >= 4 is 11.6 Å². The molecule has 172 valence electrons. The molecule has 2 heterocycles. The van der Waals surface area contributed by atoms with E-state index in [2.05, 4.69) is 49.5 Å². The predicted molar refractivity (Wildman–Crippen MR) is 119 cm³/mol. The van der Waals surface area contributed by atoms with Crippen molar-refractivity contribution in [2.24, 2.45) is 10.9 Å². The number of hydrogen-bond donors (Lipinski definition) is 2. The number of fused-ring (bicyclic) bond motifs is 1. The van der Waals surface area contributed by atoms with E-state index in [1.807, 2.05) is 13.0 Å². The SMILES string of the molecule is CCNC(=NCc1cc2c(cc1OC(F)F)OCO2)NCC1CCN(c2ccccc2)C1. The summed E-state index contributed by atoms with van der Waals surface area (Å²) in [7, 11) is 0.